The Bertz CT molecular complexity index is 1510. The van der Waals surface area contributed by atoms with Crippen molar-refractivity contribution in [2.75, 3.05) is 34.7 Å². The van der Waals surface area contributed by atoms with Crippen molar-refractivity contribution in [3.8, 4) is 23.0 Å². The zero-order valence-corrected chi connectivity index (χ0v) is 22.2. The van der Waals surface area contributed by atoms with Gasteiger partial charge in [-0.3, -0.25) is 0 Å². The number of halogens is 1. The summed E-state index contributed by atoms with van der Waals surface area (Å²) in [6.45, 7) is 0.125. The maximum absolute atomic E-state index is 13.2. The van der Waals surface area contributed by atoms with Gasteiger partial charge in [-0.2, -0.15) is 0 Å². The van der Waals surface area contributed by atoms with Crippen molar-refractivity contribution in [2.24, 2.45) is 0 Å². The number of ether oxygens (including phenoxy) is 6. The Balaban J connectivity index is 1.42. The van der Waals surface area contributed by atoms with Crippen molar-refractivity contribution in [1.29, 1.82) is 0 Å². The number of epoxide rings is 1. The fraction of sp³-hybridized carbons (Fsp3) is 0.296. The third kappa shape index (κ3) is 5.22. The van der Waals surface area contributed by atoms with Crippen LogP contribution < -0.4 is 23.7 Å². The molecule has 12 heteroatoms. The Morgan fingerprint density at radius 1 is 0.974 bits per heavy atom. The van der Waals surface area contributed by atoms with E-state index in [1.807, 2.05) is 0 Å². The highest BCUT2D eigenvalue weighted by atomic mass is 32.2. The first-order valence-electron chi connectivity index (χ1n) is 11.9. The van der Waals surface area contributed by atoms with Crippen LogP contribution in [0.25, 0.3) is 0 Å². The molecule has 0 spiro atoms. The number of benzene rings is 3. The van der Waals surface area contributed by atoms with Crippen LogP contribution in [0.1, 0.15) is 39.3 Å². The second-order valence-corrected chi connectivity index (χ2v) is 10.5. The third-order valence-corrected chi connectivity index (χ3v) is 7.99. The van der Waals surface area contributed by atoms with Gasteiger partial charge in [-0.05, 0) is 60.0 Å². The maximum atomic E-state index is 13.2. The quantitative estimate of drug-likeness (QED) is 0.293. The SMILES string of the molecule is COC(=O)c1c([C@H]2O[C@@H]2c2cc3c(cc2CCNS(=O)(=O)c2ccc(F)cc2)OCO3)ccc(OC)c1OC. The van der Waals surface area contributed by atoms with E-state index in [0.29, 0.717) is 29.2 Å². The predicted octanol–water partition coefficient (Wildman–Crippen LogP) is 3.69. The Hall–Kier alpha value is -3.87. The molecule has 0 radical (unpaired) electrons. The van der Waals surface area contributed by atoms with Gasteiger partial charge in [-0.25, -0.2) is 22.3 Å². The van der Waals surface area contributed by atoms with Crippen LogP contribution in [0.4, 0.5) is 4.39 Å². The average molecular weight is 560 g/mol. The van der Waals surface area contributed by atoms with Gasteiger partial charge in [-0.15, -0.1) is 0 Å². The van der Waals surface area contributed by atoms with Crippen LogP contribution >= 0.6 is 0 Å². The van der Waals surface area contributed by atoms with Gasteiger partial charge in [0.2, 0.25) is 16.8 Å². The molecule has 1 fully saturated rings. The summed E-state index contributed by atoms with van der Waals surface area (Å²) in [4.78, 5) is 12.7. The van der Waals surface area contributed by atoms with Crippen molar-refractivity contribution >= 4 is 16.0 Å². The van der Waals surface area contributed by atoms with Gasteiger partial charge in [0.05, 0.1) is 26.2 Å². The number of esters is 1. The molecule has 0 unspecified atom stereocenters. The van der Waals surface area contributed by atoms with Crippen LogP contribution in [0, 0.1) is 5.82 Å². The van der Waals surface area contributed by atoms with Gasteiger partial charge < -0.3 is 28.4 Å². The monoisotopic (exact) mass is 559 g/mol. The van der Waals surface area contributed by atoms with Crippen molar-refractivity contribution < 1.29 is 46.0 Å². The maximum Gasteiger partial charge on any atom is 0.342 e. The van der Waals surface area contributed by atoms with E-state index < -0.39 is 34.0 Å². The van der Waals surface area contributed by atoms with Gasteiger partial charge in [0, 0.05) is 12.1 Å². The molecule has 3 aromatic rings. The molecule has 0 saturated carbocycles. The lowest BCUT2D eigenvalue weighted by Gasteiger charge is -2.15. The van der Waals surface area contributed by atoms with E-state index in [-0.39, 0.29) is 29.5 Å². The standard InChI is InChI=1S/C27H26FNO9S/c1-33-20-9-8-18(23(26(20)34-2)27(30)35-3)24-25(38-24)19-13-22-21(36-14-37-22)12-15(19)10-11-29-39(31,32)17-6-4-16(28)5-7-17/h4-9,12-13,24-25,29H,10-11,14H2,1-3H3/t24-,25-/m1/s1. The lowest BCUT2D eigenvalue weighted by molar-refractivity contribution is 0.0594. The van der Waals surface area contributed by atoms with Crippen LogP contribution in [-0.2, 0) is 25.9 Å². The van der Waals surface area contributed by atoms with Gasteiger partial charge in [0.1, 0.15) is 23.6 Å². The summed E-state index contributed by atoms with van der Waals surface area (Å²) in [5.74, 6) is 0.552. The Kier molecular flexibility index (Phi) is 7.34. The number of hydrogen-bond acceptors (Lipinski definition) is 9. The highest BCUT2D eigenvalue weighted by molar-refractivity contribution is 7.89. The predicted molar refractivity (Wildman–Crippen MR) is 135 cm³/mol. The van der Waals surface area contributed by atoms with E-state index in [1.165, 1.54) is 33.5 Å². The summed E-state index contributed by atoms with van der Waals surface area (Å²) in [6, 6.07) is 11.6. The molecule has 3 aromatic carbocycles. The highest BCUT2D eigenvalue weighted by Crippen LogP contribution is 2.56. The smallest absolute Gasteiger partial charge is 0.342 e. The zero-order chi connectivity index (χ0) is 27.7. The normalized spacial score (nSPS) is 17.5. The summed E-state index contributed by atoms with van der Waals surface area (Å²) >= 11 is 0. The third-order valence-electron chi connectivity index (χ3n) is 6.52. The van der Waals surface area contributed by atoms with Crippen molar-refractivity contribution in [2.45, 2.75) is 23.5 Å². The van der Waals surface area contributed by atoms with E-state index in [0.717, 1.165) is 23.3 Å². The first-order chi connectivity index (χ1) is 18.8. The first kappa shape index (κ1) is 26.7. The summed E-state index contributed by atoms with van der Waals surface area (Å²) in [7, 11) is 0.337. The molecule has 5 rings (SSSR count). The Morgan fingerprint density at radius 2 is 1.67 bits per heavy atom. The van der Waals surface area contributed by atoms with Crippen molar-refractivity contribution in [3.05, 3.63) is 76.6 Å². The van der Waals surface area contributed by atoms with Crippen LogP contribution in [0.15, 0.2) is 53.4 Å². The molecule has 2 aliphatic rings. The summed E-state index contributed by atoms with van der Waals surface area (Å²) in [5, 5.41) is 0. The molecule has 10 nitrogen and oxygen atoms in total. The van der Waals surface area contributed by atoms with E-state index >= 15 is 0 Å². The molecule has 0 aliphatic carbocycles. The molecule has 2 aliphatic heterocycles. The lowest BCUT2D eigenvalue weighted by Crippen LogP contribution is -2.26. The van der Waals surface area contributed by atoms with Gasteiger partial charge in [0.15, 0.2) is 23.0 Å². The Morgan fingerprint density at radius 3 is 2.33 bits per heavy atom. The number of fused-ring (bicyclic) bond motifs is 1. The van der Waals surface area contributed by atoms with Gasteiger partial charge in [0.25, 0.3) is 0 Å². The fourth-order valence-corrected chi connectivity index (χ4v) is 5.61. The van der Waals surface area contributed by atoms with E-state index in [9.17, 15) is 17.6 Å². The van der Waals surface area contributed by atoms with E-state index in [2.05, 4.69) is 4.72 Å². The minimum absolute atomic E-state index is 0.0378. The molecule has 206 valence electrons. The molecule has 0 bridgehead atoms. The average Bonchev–Trinajstić information content (AvgIpc) is 3.60. The number of rotatable bonds is 10. The number of carbonyl (C=O) groups is 1. The second kappa shape index (κ2) is 10.7. The van der Waals surface area contributed by atoms with Crippen LogP contribution in [0.5, 0.6) is 23.0 Å². The Labute approximate surface area is 224 Å². The number of sulfonamides is 1. The molecule has 1 N–H and O–H groups in total. The molecule has 39 heavy (non-hydrogen) atoms. The molecule has 2 atom stereocenters. The number of methoxy groups -OCH3 is 3. The lowest BCUT2D eigenvalue weighted by atomic mass is 9.94. The van der Waals surface area contributed by atoms with Crippen LogP contribution in [0.3, 0.4) is 0 Å². The van der Waals surface area contributed by atoms with Crippen LogP contribution in [-0.4, -0.2) is 49.1 Å². The second-order valence-electron chi connectivity index (χ2n) is 8.74. The molecule has 2 heterocycles. The molecule has 1 saturated heterocycles. The topological polar surface area (TPSA) is 122 Å². The van der Waals surface area contributed by atoms with E-state index in [4.69, 9.17) is 28.4 Å². The molecule has 0 aromatic heterocycles. The first-order valence-corrected chi connectivity index (χ1v) is 13.4. The molecular formula is C27H26FNO9S. The van der Waals surface area contributed by atoms with Gasteiger partial charge in [-0.1, -0.05) is 6.07 Å². The number of carbonyl (C=O) groups excluding carboxylic acids is 1. The largest absolute Gasteiger partial charge is 0.493 e. The minimum Gasteiger partial charge on any atom is -0.493 e. The summed E-state index contributed by atoms with van der Waals surface area (Å²) < 4.78 is 74.0. The van der Waals surface area contributed by atoms with Crippen LogP contribution in [0.2, 0.25) is 0 Å². The highest BCUT2D eigenvalue weighted by Gasteiger charge is 2.46. The number of nitrogens with one attached hydrogen (secondary N) is 1. The van der Waals surface area contributed by atoms with Gasteiger partial charge >= 0.3 is 5.97 Å². The summed E-state index contributed by atoms with van der Waals surface area (Å²) in [6.07, 6.45) is -0.659. The fourth-order valence-electron chi connectivity index (χ4n) is 4.58. The molecular weight excluding hydrogens is 533 g/mol. The number of hydrogen-bond donors (Lipinski definition) is 1. The van der Waals surface area contributed by atoms with E-state index in [1.54, 1.807) is 24.3 Å². The zero-order valence-electron chi connectivity index (χ0n) is 21.4. The summed E-state index contributed by atoms with van der Waals surface area (Å²) in [5.41, 5.74) is 2.29. The van der Waals surface area contributed by atoms with Crippen molar-refractivity contribution in [3.63, 3.8) is 0 Å². The molecule has 0 amide bonds. The van der Waals surface area contributed by atoms with Crippen molar-refractivity contribution in [1.82, 2.24) is 4.72 Å². The minimum atomic E-state index is -3.84.